The molecule has 0 radical (unpaired) electrons. The molecule has 0 amide bonds. The van der Waals surface area contributed by atoms with Crippen molar-refractivity contribution in [2.24, 2.45) is 0 Å². The van der Waals surface area contributed by atoms with E-state index in [9.17, 15) is 14.4 Å². The lowest BCUT2D eigenvalue weighted by atomic mass is 9.95. The smallest absolute Gasteiger partial charge is 0.496 e. The van der Waals surface area contributed by atoms with Crippen molar-refractivity contribution in [3.8, 4) is 11.5 Å². The Hall–Kier alpha value is -3.35. The van der Waals surface area contributed by atoms with Gasteiger partial charge in [0.2, 0.25) is 0 Å². The van der Waals surface area contributed by atoms with Gasteiger partial charge in [0.1, 0.15) is 35.3 Å². The topological polar surface area (TPSA) is 88.1 Å². The third kappa shape index (κ3) is 4.97. The minimum absolute atomic E-state index is 0.419. The Balaban J connectivity index is 2.25. The van der Waals surface area contributed by atoms with Crippen LogP contribution in [0.2, 0.25) is 0 Å². The van der Waals surface area contributed by atoms with Gasteiger partial charge in [0.15, 0.2) is 0 Å². The van der Waals surface area contributed by atoms with Crippen molar-refractivity contribution in [2.45, 2.75) is 38.9 Å². The van der Waals surface area contributed by atoms with Crippen molar-refractivity contribution >= 4 is 18.7 Å². The van der Waals surface area contributed by atoms with Gasteiger partial charge in [-0.2, -0.15) is 0 Å². The lowest BCUT2D eigenvalue weighted by Crippen LogP contribution is -2.32. The lowest BCUT2D eigenvalue weighted by molar-refractivity contribution is -0.0643. The third-order valence-electron chi connectivity index (χ3n) is 4.70. The van der Waals surface area contributed by atoms with Crippen LogP contribution in [0.15, 0.2) is 36.4 Å². The van der Waals surface area contributed by atoms with Crippen LogP contribution in [0.5, 0.6) is 11.5 Å². The van der Waals surface area contributed by atoms with E-state index in [0.29, 0.717) is 46.3 Å². The highest BCUT2D eigenvalue weighted by atomic mass is 16.7. The Labute approximate surface area is 175 Å². The van der Waals surface area contributed by atoms with Crippen molar-refractivity contribution in [1.29, 1.82) is 0 Å². The number of aldehydes is 2. The zero-order valence-electron chi connectivity index (χ0n) is 18.0. The predicted octanol–water partition coefficient (Wildman–Crippen LogP) is 4.65. The Bertz CT molecular complexity index is 869. The summed E-state index contributed by atoms with van der Waals surface area (Å²) in [7, 11) is 2.94. The molecule has 0 aliphatic heterocycles. The van der Waals surface area contributed by atoms with E-state index in [1.165, 1.54) is 14.2 Å². The first kappa shape index (κ1) is 22.9. The van der Waals surface area contributed by atoms with Crippen LogP contribution in [0.25, 0.3) is 0 Å². The van der Waals surface area contributed by atoms with Crippen LogP contribution in [-0.4, -0.2) is 32.9 Å². The Kier molecular flexibility index (Phi) is 6.87. The molecule has 0 fully saturated rings. The van der Waals surface area contributed by atoms with Gasteiger partial charge in [0, 0.05) is 22.3 Å². The molecule has 2 rings (SSSR count). The standard InChI is InChI=1S/C23H26O7/c1-22(2,17-9-7-15(13-24)11-19(17)27-5)29-21(26)30-23(3,4)18-10-8-16(14-25)12-20(18)28-6/h7-14H,1-6H3. The average Bonchev–Trinajstić information content (AvgIpc) is 2.71. The molecular formula is C23H26O7. The maximum atomic E-state index is 12.6. The summed E-state index contributed by atoms with van der Waals surface area (Å²) in [5.41, 5.74) is -0.130. The van der Waals surface area contributed by atoms with Crippen molar-refractivity contribution in [3.05, 3.63) is 58.7 Å². The minimum Gasteiger partial charge on any atom is -0.496 e. The zero-order chi connectivity index (χ0) is 22.5. The molecule has 0 saturated heterocycles. The van der Waals surface area contributed by atoms with Crippen LogP contribution in [0, 0.1) is 0 Å². The molecule has 2 aromatic rings. The Morgan fingerprint density at radius 3 is 1.40 bits per heavy atom. The van der Waals surface area contributed by atoms with Gasteiger partial charge in [-0.25, -0.2) is 4.79 Å². The van der Waals surface area contributed by atoms with Crippen molar-refractivity contribution < 1.29 is 33.3 Å². The fraction of sp³-hybridized carbons (Fsp3) is 0.348. The molecular weight excluding hydrogens is 388 g/mol. The molecule has 0 heterocycles. The molecule has 0 aliphatic carbocycles. The van der Waals surface area contributed by atoms with E-state index in [-0.39, 0.29) is 0 Å². The zero-order valence-corrected chi connectivity index (χ0v) is 18.0. The first-order chi connectivity index (χ1) is 14.1. The fourth-order valence-electron chi connectivity index (χ4n) is 3.10. The van der Waals surface area contributed by atoms with Gasteiger partial charge in [-0.3, -0.25) is 9.59 Å². The highest BCUT2D eigenvalue weighted by Crippen LogP contribution is 2.37. The summed E-state index contributed by atoms with van der Waals surface area (Å²) in [4.78, 5) is 34.6. The van der Waals surface area contributed by atoms with Crippen LogP contribution in [0.3, 0.4) is 0 Å². The fourth-order valence-corrected chi connectivity index (χ4v) is 3.10. The van der Waals surface area contributed by atoms with E-state index in [0.717, 1.165) is 0 Å². The predicted molar refractivity (Wildman–Crippen MR) is 110 cm³/mol. The van der Waals surface area contributed by atoms with Crippen LogP contribution in [0.1, 0.15) is 59.5 Å². The summed E-state index contributed by atoms with van der Waals surface area (Å²) in [6, 6.07) is 9.71. The van der Waals surface area contributed by atoms with E-state index in [1.807, 2.05) is 0 Å². The molecule has 7 heteroatoms. The Morgan fingerprint density at radius 1 is 0.733 bits per heavy atom. The summed E-state index contributed by atoms with van der Waals surface area (Å²) >= 11 is 0. The normalized spacial score (nSPS) is 11.4. The first-order valence-corrected chi connectivity index (χ1v) is 9.27. The van der Waals surface area contributed by atoms with E-state index in [2.05, 4.69) is 0 Å². The minimum atomic E-state index is -1.09. The van der Waals surface area contributed by atoms with E-state index < -0.39 is 17.4 Å². The molecule has 2 aromatic carbocycles. The maximum absolute atomic E-state index is 12.6. The van der Waals surface area contributed by atoms with Gasteiger partial charge in [-0.15, -0.1) is 0 Å². The molecule has 7 nitrogen and oxygen atoms in total. The molecule has 30 heavy (non-hydrogen) atoms. The Morgan fingerprint density at radius 2 is 1.10 bits per heavy atom. The van der Waals surface area contributed by atoms with Crippen molar-refractivity contribution in [1.82, 2.24) is 0 Å². The molecule has 160 valence electrons. The van der Waals surface area contributed by atoms with Gasteiger partial charge in [0.05, 0.1) is 14.2 Å². The van der Waals surface area contributed by atoms with Gasteiger partial charge in [-0.05, 0) is 39.8 Å². The van der Waals surface area contributed by atoms with Gasteiger partial charge in [0.25, 0.3) is 0 Å². The molecule has 0 aromatic heterocycles. The summed E-state index contributed by atoms with van der Waals surface area (Å²) < 4.78 is 21.9. The van der Waals surface area contributed by atoms with Gasteiger partial charge < -0.3 is 18.9 Å². The number of carbonyl (C=O) groups is 3. The number of methoxy groups -OCH3 is 2. The summed E-state index contributed by atoms with van der Waals surface area (Å²) in [5.74, 6) is 0.838. The van der Waals surface area contributed by atoms with E-state index in [4.69, 9.17) is 18.9 Å². The molecule has 0 aliphatic rings. The number of hydrogen-bond acceptors (Lipinski definition) is 7. The monoisotopic (exact) mass is 414 g/mol. The average molecular weight is 414 g/mol. The van der Waals surface area contributed by atoms with Crippen LogP contribution >= 0.6 is 0 Å². The second-order valence-corrected chi connectivity index (χ2v) is 7.63. The van der Waals surface area contributed by atoms with E-state index >= 15 is 0 Å². The second kappa shape index (κ2) is 8.98. The van der Waals surface area contributed by atoms with Gasteiger partial charge in [-0.1, -0.05) is 24.3 Å². The van der Waals surface area contributed by atoms with Crippen LogP contribution < -0.4 is 9.47 Å². The molecule has 0 spiro atoms. The highest BCUT2D eigenvalue weighted by Gasteiger charge is 2.34. The third-order valence-corrected chi connectivity index (χ3v) is 4.70. The quantitative estimate of drug-likeness (QED) is 0.459. The number of benzene rings is 2. The second-order valence-electron chi connectivity index (χ2n) is 7.63. The first-order valence-electron chi connectivity index (χ1n) is 9.27. The summed E-state index contributed by atoms with van der Waals surface area (Å²) in [6.45, 7) is 6.77. The van der Waals surface area contributed by atoms with Crippen LogP contribution in [-0.2, 0) is 20.7 Å². The number of ether oxygens (including phenoxy) is 4. The largest absolute Gasteiger partial charge is 0.510 e. The molecule has 0 unspecified atom stereocenters. The SMILES string of the molecule is COc1cc(C=O)ccc1C(C)(C)OC(=O)OC(C)(C)c1ccc(C=O)cc1OC. The number of rotatable bonds is 8. The number of hydrogen-bond donors (Lipinski definition) is 0. The molecule has 0 N–H and O–H groups in total. The lowest BCUT2D eigenvalue weighted by Gasteiger charge is -2.31. The molecule has 0 bridgehead atoms. The van der Waals surface area contributed by atoms with Crippen molar-refractivity contribution in [3.63, 3.8) is 0 Å². The molecule has 0 saturated carbocycles. The highest BCUT2D eigenvalue weighted by molar-refractivity contribution is 5.76. The number of carbonyl (C=O) groups excluding carboxylic acids is 3. The maximum Gasteiger partial charge on any atom is 0.510 e. The van der Waals surface area contributed by atoms with Crippen LogP contribution in [0.4, 0.5) is 4.79 Å². The summed E-state index contributed by atoms with van der Waals surface area (Å²) in [6.07, 6.45) is 0.522. The van der Waals surface area contributed by atoms with Gasteiger partial charge >= 0.3 is 6.16 Å². The van der Waals surface area contributed by atoms with Crippen molar-refractivity contribution in [2.75, 3.05) is 14.2 Å². The summed E-state index contributed by atoms with van der Waals surface area (Å²) in [5, 5.41) is 0. The molecule has 0 atom stereocenters. The van der Waals surface area contributed by atoms with E-state index in [1.54, 1.807) is 64.1 Å².